The minimum Gasteiger partial charge on any atom is -0.462 e. The van der Waals surface area contributed by atoms with Crippen LogP contribution in [0, 0.1) is 11.6 Å². The van der Waals surface area contributed by atoms with E-state index in [1.165, 1.54) is 10.8 Å². The molecular formula is C15H13F2NO4. The maximum atomic E-state index is 13.9. The molecule has 1 aliphatic heterocycles. The first-order valence-corrected chi connectivity index (χ1v) is 6.80. The molecule has 1 atom stereocenters. The predicted octanol–water partition coefficient (Wildman–Crippen LogP) is 2.51. The highest BCUT2D eigenvalue weighted by atomic mass is 19.2. The number of esters is 1. The molecule has 1 aromatic carbocycles. The van der Waals surface area contributed by atoms with E-state index in [9.17, 15) is 18.4 Å². The van der Waals surface area contributed by atoms with Gasteiger partial charge in [-0.05, 0) is 19.9 Å². The van der Waals surface area contributed by atoms with E-state index in [4.69, 9.17) is 9.47 Å². The maximum Gasteiger partial charge on any atom is 0.343 e. The fourth-order valence-electron chi connectivity index (χ4n) is 2.60. The highest BCUT2D eigenvalue weighted by Crippen LogP contribution is 2.31. The van der Waals surface area contributed by atoms with Gasteiger partial charge in [-0.15, -0.1) is 0 Å². The number of pyridine rings is 1. The number of hydrogen-bond donors (Lipinski definition) is 0. The van der Waals surface area contributed by atoms with E-state index >= 15 is 0 Å². The van der Waals surface area contributed by atoms with Crippen molar-refractivity contribution >= 4 is 16.9 Å². The van der Waals surface area contributed by atoms with Crippen LogP contribution in [0.3, 0.4) is 0 Å². The Labute approximate surface area is 124 Å². The number of halogens is 2. The van der Waals surface area contributed by atoms with Crippen molar-refractivity contribution in [1.82, 2.24) is 4.57 Å². The van der Waals surface area contributed by atoms with Crippen LogP contribution in [0.15, 0.2) is 17.1 Å². The highest BCUT2D eigenvalue weighted by molar-refractivity contribution is 5.94. The van der Waals surface area contributed by atoms with Gasteiger partial charge in [-0.2, -0.15) is 0 Å². The van der Waals surface area contributed by atoms with Gasteiger partial charge in [-0.1, -0.05) is 0 Å². The molecule has 0 aliphatic carbocycles. The summed E-state index contributed by atoms with van der Waals surface area (Å²) in [5.41, 5.74) is -0.695. The van der Waals surface area contributed by atoms with Gasteiger partial charge in [0.15, 0.2) is 11.6 Å². The molecule has 2 heterocycles. The van der Waals surface area contributed by atoms with Crippen LogP contribution >= 0.6 is 0 Å². The molecule has 0 saturated carbocycles. The normalized spacial score (nSPS) is 16.8. The predicted molar refractivity (Wildman–Crippen MR) is 73.6 cm³/mol. The minimum atomic E-state index is -1.15. The van der Waals surface area contributed by atoms with Crippen LogP contribution in [-0.4, -0.2) is 17.1 Å². The van der Waals surface area contributed by atoms with Gasteiger partial charge in [-0.25, -0.2) is 13.6 Å². The van der Waals surface area contributed by atoms with Crippen LogP contribution in [0.5, 0.6) is 0 Å². The van der Waals surface area contributed by atoms with Gasteiger partial charge in [0, 0.05) is 11.8 Å². The zero-order valence-corrected chi connectivity index (χ0v) is 12.0. The lowest BCUT2D eigenvalue weighted by molar-refractivity contribution is -0.00379. The molecule has 22 heavy (non-hydrogen) atoms. The standard InChI is InChI=1S/C15H13F2NO4/c1-3-21-15(20)9-5-18-7(2)22-6-10-12(17)11(16)4-8(13(10)18)14(9)19/h4-5,7H,3,6H2,1-2H3. The van der Waals surface area contributed by atoms with Crippen molar-refractivity contribution in [2.45, 2.75) is 26.7 Å². The van der Waals surface area contributed by atoms with Crippen molar-refractivity contribution in [3.05, 3.63) is 45.2 Å². The van der Waals surface area contributed by atoms with Crippen molar-refractivity contribution < 1.29 is 23.0 Å². The molecule has 0 radical (unpaired) electrons. The second-order valence-corrected chi connectivity index (χ2v) is 4.96. The molecule has 0 N–H and O–H groups in total. The Hall–Kier alpha value is -2.28. The van der Waals surface area contributed by atoms with Crippen LogP contribution in [0.25, 0.3) is 10.9 Å². The third-order valence-electron chi connectivity index (χ3n) is 3.66. The molecule has 0 fully saturated rings. The average Bonchev–Trinajstić information content (AvgIpc) is 2.48. The van der Waals surface area contributed by atoms with E-state index in [0.717, 1.165) is 6.07 Å². The Balaban J connectivity index is 2.42. The molecule has 1 aliphatic rings. The van der Waals surface area contributed by atoms with E-state index in [1.807, 2.05) is 0 Å². The summed E-state index contributed by atoms with van der Waals surface area (Å²) in [6.07, 6.45) is 0.751. The summed E-state index contributed by atoms with van der Waals surface area (Å²) in [6.45, 7) is 3.26. The number of aromatic nitrogens is 1. The smallest absolute Gasteiger partial charge is 0.343 e. The largest absolute Gasteiger partial charge is 0.462 e. The number of rotatable bonds is 2. The molecule has 3 rings (SSSR count). The van der Waals surface area contributed by atoms with Gasteiger partial charge in [0.05, 0.1) is 24.1 Å². The first-order valence-electron chi connectivity index (χ1n) is 6.80. The number of nitrogens with zero attached hydrogens (tertiary/aromatic N) is 1. The number of hydrogen-bond acceptors (Lipinski definition) is 4. The van der Waals surface area contributed by atoms with Gasteiger partial charge in [0.2, 0.25) is 5.43 Å². The fraction of sp³-hybridized carbons (Fsp3) is 0.333. The molecule has 0 amide bonds. The van der Waals surface area contributed by atoms with Crippen molar-refractivity contribution in [3.63, 3.8) is 0 Å². The third-order valence-corrected chi connectivity index (χ3v) is 3.66. The second-order valence-electron chi connectivity index (χ2n) is 4.96. The lowest BCUT2D eigenvalue weighted by atomic mass is 10.0. The van der Waals surface area contributed by atoms with Crippen LogP contribution in [0.2, 0.25) is 0 Å². The van der Waals surface area contributed by atoms with Crippen LogP contribution in [-0.2, 0) is 16.1 Å². The van der Waals surface area contributed by atoms with Crippen molar-refractivity contribution in [1.29, 1.82) is 0 Å². The van der Waals surface area contributed by atoms with Crippen LogP contribution in [0.4, 0.5) is 8.78 Å². The van der Waals surface area contributed by atoms with E-state index in [2.05, 4.69) is 0 Å². The number of benzene rings is 1. The van der Waals surface area contributed by atoms with E-state index < -0.39 is 29.3 Å². The topological polar surface area (TPSA) is 57.5 Å². The summed E-state index contributed by atoms with van der Waals surface area (Å²) in [6, 6.07) is 0.813. The number of ether oxygens (including phenoxy) is 2. The van der Waals surface area contributed by atoms with Crippen molar-refractivity contribution in [2.24, 2.45) is 0 Å². The van der Waals surface area contributed by atoms with Crippen LogP contribution in [0.1, 0.15) is 36.0 Å². The average molecular weight is 309 g/mol. The SMILES string of the molecule is CCOC(=O)c1cn2c3c(c(F)c(F)cc3c1=O)COC2C. The third kappa shape index (κ3) is 2.00. The van der Waals surface area contributed by atoms with Crippen molar-refractivity contribution in [2.75, 3.05) is 6.61 Å². The lowest BCUT2D eigenvalue weighted by Gasteiger charge is -2.27. The quantitative estimate of drug-likeness (QED) is 0.800. The van der Waals surface area contributed by atoms with Gasteiger partial charge >= 0.3 is 5.97 Å². The molecule has 0 bridgehead atoms. The van der Waals surface area contributed by atoms with E-state index in [-0.39, 0.29) is 35.2 Å². The zero-order valence-electron chi connectivity index (χ0n) is 12.0. The monoisotopic (exact) mass is 309 g/mol. The zero-order chi connectivity index (χ0) is 16.0. The fourth-order valence-corrected chi connectivity index (χ4v) is 2.60. The summed E-state index contributed by atoms with van der Waals surface area (Å²) in [4.78, 5) is 24.3. The molecule has 0 spiro atoms. The lowest BCUT2D eigenvalue weighted by Crippen LogP contribution is -2.26. The van der Waals surface area contributed by atoms with Crippen LogP contribution < -0.4 is 5.43 Å². The Bertz CT molecular complexity index is 844. The Morgan fingerprint density at radius 2 is 2.23 bits per heavy atom. The van der Waals surface area contributed by atoms with Crippen molar-refractivity contribution in [3.8, 4) is 0 Å². The summed E-state index contributed by atoms with van der Waals surface area (Å²) in [5, 5.41) is -0.0606. The molecule has 116 valence electrons. The molecular weight excluding hydrogens is 296 g/mol. The first kappa shape index (κ1) is 14.6. The Morgan fingerprint density at radius 1 is 1.50 bits per heavy atom. The number of carbonyl (C=O) groups is 1. The van der Waals surface area contributed by atoms with Gasteiger partial charge in [0.1, 0.15) is 11.8 Å². The van der Waals surface area contributed by atoms with Gasteiger partial charge in [-0.3, -0.25) is 4.79 Å². The van der Waals surface area contributed by atoms with Gasteiger partial charge < -0.3 is 14.0 Å². The molecule has 0 saturated heterocycles. The summed E-state index contributed by atoms with van der Waals surface area (Å²) in [5.74, 6) is -3.00. The maximum absolute atomic E-state index is 13.9. The molecule has 1 aromatic heterocycles. The summed E-state index contributed by atoms with van der Waals surface area (Å²) < 4.78 is 39.3. The second kappa shape index (κ2) is 5.17. The van der Waals surface area contributed by atoms with Gasteiger partial charge in [0.25, 0.3) is 0 Å². The van der Waals surface area contributed by atoms with E-state index in [0.29, 0.717) is 0 Å². The molecule has 2 aromatic rings. The van der Waals surface area contributed by atoms with E-state index in [1.54, 1.807) is 13.8 Å². The molecule has 5 nitrogen and oxygen atoms in total. The Morgan fingerprint density at radius 3 is 2.91 bits per heavy atom. The first-order chi connectivity index (χ1) is 10.5. The summed E-state index contributed by atoms with van der Waals surface area (Å²) in [7, 11) is 0. The molecule has 7 heteroatoms. The Kier molecular flexibility index (Phi) is 3.44. The highest BCUT2D eigenvalue weighted by Gasteiger charge is 2.27. The summed E-state index contributed by atoms with van der Waals surface area (Å²) >= 11 is 0. The number of carbonyl (C=O) groups excluding carboxylic acids is 1. The minimum absolute atomic E-state index is 0.0272. The molecule has 1 unspecified atom stereocenters.